The molecule has 6 nitrogen and oxygen atoms in total. The van der Waals surface area contributed by atoms with Crippen LogP contribution in [0.4, 0.5) is 4.79 Å². The highest BCUT2D eigenvalue weighted by Gasteiger charge is 2.06. The number of piperazine rings is 1. The molecule has 1 fully saturated rings. The van der Waals surface area contributed by atoms with Gasteiger partial charge in [-0.05, 0) is 0 Å². The summed E-state index contributed by atoms with van der Waals surface area (Å²) in [6.07, 6.45) is -1.83. The lowest BCUT2D eigenvalue weighted by atomic mass is 10.4. The Kier molecular flexibility index (Phi) is 7.27. The van der Waals surface area contributed by atoms with E-state index in [1.165, 1.54) is 0 Å². The van der Waals surface area contributed by atoms with Gasteiger partial charge < -0.3 is 20.6 Å². The fraction of sp³-hybridized carbons (Fsp3) is 0.857. The Morgan fingerprint density at radius 2 is 1.77 bits per heavy atom. The fourth-order valence-electron chi connectivity index (χ4n) is 1.08. The molecular weight excluding hydrogens is 176 g/mol. The molecule has 6 heteroatoms. The number of carbonyl (C=O) groups is 1. The minimum absolute atomic E-state index is 0.292. The van der Waals surface area contributed by atoms with Crippen LogP contribution in [0.2, 0.25) is 0 Å². The summed E-state index contributed by atoms with van der Waals surface area (Å²) in [7, 11) is 0. The predicted octanol–water partition coefficient (Wildman–Crippen LogP) is -0.894. The van der Waals surface area contributed by atoms with Gasteiger partial charge in [0.15, 0.2) is 0 Å². The molecule has 0 aliphatic carbocycles. The highest BCUT2D eigenvalue weighted by atomic mass is 16.6. The highest BCUT2D eigenvalue weighted by Crippen LogP contribution is 1.88. The largest absolute Gasteiger partial charge is 0.503 e. The van der Waals surface area contributed by atoms with Crippen LogP contribution in [0.25, 0.3) is 0 Å². The van der Waals surface area contributed by atoms with Crippen LogP contribution in [0.1, 0.15) is 0 Å². The summed E-state index contributed by atoms with van der Waals surface area (Å²) >= 11 is 0. The molecule has 0 aromatic rings. The molecule has 1 heterocycles. The van der Waals surface area contributed by atoms with Crippen LogP contribution in [-0.2, 0) is 0 Å². The van der Waals surface area contributed by atoms with Crippen LogP contribution in [0.15, 0.2) is 0 Å². The van der Waals surface area contributed by atoms with E-state index in [0.29, 0.717) is 6.61 Å². The van der Waals surface area contributed by atoms with Gasteiger partial charge in [-0.3, -0.25) is 4.90 Å². The third-order valence-corrected chi connectivity index (χ3v) is 1.63. The molecule has 0 amide bonds. The van der Waals surface area contributed by atoms with Crippen LogP contribution < -0.4 is 5.32 Å². The third-order valence-electron chi connectivity index (χ3n) is 1.63. The van der Waals surface area contributed by atoms with Gasteiger partial charge in [0.05, 0.1) is 6.61 Å². The molecule has 0 aromatic heterocycles. The average Bonchev–Trinajstić information content (AvgIpc) is 2.06. The van der Waals surface area contributed by atoms with E-state index in [1.807, 2.05) is 0 Å². The van der Waals surface area contributed by atoms with Crippen LogP contribution in [0.5, 0.6) is 0 Å². The second-order valence-corrected chi connectivity index (χ2v) is 2.60. The van der Waals surface area contributed by atoms with E-state index in [2.05, 4.69) is 10.2 Å². The first-order valence-corrected chi connectivity index (χ1v) is 4.12. The summed E-state index contributed by atoms with van der Waals surface area (Å²) in [6.45, 7) is 5.43. The number of β-amino-alcohol motifs (C(OH)–C–C–N with tert-alkyl or cyclic N) is 1. The number of nitrogens with zero attached hydrogens (tertiary/aromatic N) is 1. The van der Waals surface area contributed by atoms with Crippen molar-refractivity contribution in [3.05, 3.63) is 0 Å². The quantitative estimate of drug-likeness (QED) is 0.453. The SMILES string of the molecule is O=C(O)O.OCCN1CCNCC1. The van der Waals surface area contributed by atoms with Crippen molar-refractivity contribution >= 4 is 6.16 Å². The highest BCUT2D eigenvalue weighted by molar-refractivity contribution is 5.53. The smallest absolute Gasteiger partial charge is 0.450 e. The van der Waals surface area contributed by atoms with Crippen molar-refractivity contribution in [2.45, 2.75) is 0 Å². The number of hydrogen-bond donors (Lipinski definition) is 4. The number of aliphatic hydroxyl groups is 1. The van der Waals surface area contributed by atoms with Gasteiger partial charge in [0.1, 0.15) is 0 Å². The molecule has 0 spiro atoms. The molecule has 0 saturated carbocycles. The minimum Gasteiger partial charge on any atom is -0.450 e. The standard InChI is InChI=1S/C6H14N2O.CH2O3/c9-6-5-8-3-1-7-2-4-8;2-1(3)4/h7,9H,1-6H2;(H2,2,3,4). The number of rotatable bonds is 2. The van der Waals surface area contributed by atoms with Crippen LogP contribution >= 0.6 is 0 Å². The second-order valence-electron chi connectivity index (χ2n) is 2.60. The van der Waals surface area contributed by atoms with Gasteiger partial charge in [-0.15, -0.1) is 0 Å². The van der Waals surface area contributed by atoms with Crippen LogP contribution in [0.3, 0.4) is 0 Å². The van der Waals surface area contributed by atoms with Crippen molar-refractivity contribution in [1.82, 2.24) is 10.2 Å². The van der Waals surface area contributed by atoms with Gasteiger partial charge in [0.2, 0.25) is 0 Å². The van der Waals surface area contributed by atoms with Gasteiger partial charge in [-0.25, -0.2) is 4.79 Å². The van der Waals surface area contributed by atoms with E-state index in [9.17, 15) is 0 Å². The topological polar surface area (TPSA) is 93.0 Å². The van der Waals surface area contributed by atoms with Gasteiger partial charge in [-0.1, -0.05) is 0 Å². The van der Waals surface area contributed by atoms with Gasteiger partial charge in [0, 0.05) is 32.7 Å². The van der Waals surface area contributed by atoms with Crippen LogP contribution in [0, 0.1) is 0 Å². The molecule has 0 atom stereocenters. The summed E-state index contributed by atoms with van der Waals surface area (Å²) in [5.74, 6) is 0. The number of hydrogen-bond acceptors (Lipinski definition) is 4. The number of aliphatic hydroxyl groups excluding tert-OH is 1. The lowest BCUT2D eigenvalue weighted by Crippen LogP contribution is -2.44. The van der Waals surface area contributed by atoms with Gasteiger partial charge in [-0.2, -0.15) is 0 Å². The summed E-state index contributed by atoms with van der Waals surface area (Å²) in [6, 6.07) is 0. The normalized spacial score (nSPS) is 17.3. The maximum Gasteiger partial charge on any atom is 0.503 e. The zero-order chi connectivity index (χ0) is 10.1. The molecular formula is C7H16N2O4. The van der Waals surface area contributed by atoms with E-state index in [0.717, 1.165) is 32.7 Å². The fourth-order valence-corrected chi connectivity index (χ4v) is 1.08. The first kappa shape index (κ1) is 12.2. The van der Waals surface area contributed by atoms with E-state index < -0.39 is 6.16 Å². The Labute approximate surface area is 76.8 Å². The zero-order valence-corrected chi connectivity index (χ0v) is 7.44. The van der Waals surface area contributed by atoms with Crippen molar-refractivity contribution < 1.29 is 20.1 Å². The maximum absolute atomic E-state index is 8.56. The van der Waals surface area contributed by atoms with Crippen molar-refractivity contribution in [3.63, 3.8) is 0 Å². The van der Waals surface area contributed by atoms with E-state index in [1.54, 1.807) is 0 Å². The van der Waals surface area contributed by atoms with Crippen molar-refractivity contribution in [2.75, 3.05) is 39.3 Å². The van der Waals surface area contributed by atoms with Crippen molar-refractivity contribution in [2.24, 2.45) is 0 Å². The maximum atomic E-state index is 8.56. The average molecular weight is 192 g/mol. The molecule has 4 N–H and O–H groups in total. The third kappa shape index (κ3) is 9.06. The lowest BCUT2D eigenvalue weighted by molar-refractivity contribution is 0.137. The summed E-state index contributed by atoms with van der Waals surface area (Å²) < 4.78 is 0. The monoisotopic (exact) mass is 192 g/mol. The molecule has 0 radical (unpaired) electrons. The Bertz CT molecular complexity index is 130. The number of nitrogens with one attached hydrogen (secondary N) is 1. The molecule has 0 unspecified atom stereocenters. The molecule has 0 bridgehead atoms. The first-order chi connectivity index (χ1) is 6.16. The van der Waals surface area contributed by atoms with E-state index in [4.69, 9.17) is 20.1 Å². The van der Waals surface area contributed by atoms with Crippen molar-refractivity contribution in [3.8, 4) is 0 Å². The number of carboxylic acid groups (broad SMARTS) is 2. The Balaban J connectivity index is 0.000000310. The first-order valence-electron chi connectivity index (χ1n) is 4.12. The summed E-state index contributed by atoms with van der Waals surface area (Å²) in [4.78, 5) is 10.8. The predicted molar refractivity (Wildman–Crippen MR) is 47.0 cm³/mol. The molecule has 0 aromatic carbocycles. The molecule has 1 aliphatic rings. The van der Waals surface area contributed by atoms with E-state index in [-0.39, 0.29) is 0 Å². The minimum atomic E-state index is -1.83. The molecule has 13 heavy (non-hydrogen) atoms. The molecule has 1 aliphatic heterocycles. The molecule has 78 valence electrons. The second kappa shape index (κ2) is 7.78. The lowest BCUT2D eigenvalue weighted by Gasteiger charge is -2.25. The summed E-state index contributed by atoms with van der Waals surface area (Å²) in [5, 5.41) is 25.8. The Morgan fingerprint density at radius 1 is 1.31 bits per heavy atom. The Hall–Kier alpha value is -0.850. The van der Waals surface area contributed by atoms with Crippen molar-refractivity contribution in [1.29, 1.82) is 0 Å². The molecule has 1 saturated heterocycles. The molecule has 1 rings (SSSR count). The van der Waals surface area contributed by atoms with Gasteiger partial charge >= 0.3 is 6.16 Å². The zero-order valence-electron chi connectivity index (χ0n) is 7.44. The van der Waals surface area contributed by atoms with E-state index >= 15 is 0 Å². The van der Waals surface area contributed by atoms with Gasteiger partial charge in [0.25, 0.3) is 0 Å². The summed E-state index contributed by atoms with van der Waals surface area (Å²) in [5.41, 5.74) is 0. The van der Waals surface area contributed by atoms with Crippen LogP contribution in [-0.4, -0.2) is 65.7 Å². The Morgan fingerprint density at radius 3 is 2.15 bits per heavy atom.